The summed E-state index contributed by atoms with van der Waals surface area (Å²) in [6, 6.07) is 19.6. The molecule has 2 amide bonds. The molecule has 0 saturated heterocycles. The van der Waals surface area contributed by atoms with Crippen molar-refractivity contribution < 1.29 is 14.3 Å². The van der Waals surface area contributed by atoms with Crippen molar-refractivity contribution in [1.29, 1.82) is 0 Å². The van der Waals surface area contributed by atoms with E-state index in [2.05, 4.69) is 39.6 Å². The second-order valence-electron chi connectivity index (χ2n) is 9.98. The molecule has 1 aromatic heterocycles. The van der Waals surface area contributed by atoms with Crippen molar-refractivity contribution in [3.8, 4) is 16.9 Å². The lowest BCUT2D eigenvalue weighted by Gasteiger charge is -2.20. The van der Waals surface area contributed by atoms with E-state index >= 15 is 0 Å². The monoisotopic (exact) mass is 494 g/mol. The molecule has 2 N–H and O–H groups in total. The van der Waals surface area contributed by atoms with Crippen molar-refractivity contribution >= 4 is 22.8 Å². The van der Waals surface area contributed by atoms with Gasteiger partial charge in [0.1, 0.15) is 18.2 Å². The molecule has 6 rings (SSSR count). The molecule has 7 heteroatoms. The first-order valence-electron chi connectivity index (χ1n) is 13.0. The number of fused-ring (bicyclic) bond motifs is 2. The number of rotatable bonds is 4. The number of nitrogens with one attached hydrogen (secondary N) is 2. The van der Waals surface area contributed by atoms with Crippen molar-refractivity contribution in [2.24, 2.45) is 0 Å². The van der Waals surface area contributed by atoms with E-state index in [4.69, 9.17) is 4.74 Å². The Morgan fingerprint density at radius 2 is 1.70 bits per heavy atom. The average molecular weight is 495 g/mol. The van der Waals surface area contributed by atoms with Gasteiger partial charge in [-0.1, -0.05) is 25.0 Å². The minimum absolute atomic E-state index is 0.0704. The number of aromatic nitrogens is 2. The maximum absolute atomic E-state index is 13.4. The number of aryl methyl sites for hydroxylation is 1. The van der Waals surface area contributed by atoms with Crippen LogP contribution in [-0.4, -0.2) is 45.9 Å². The van der Waals surface area contributed by atoms with Crippen LogP contribution in [0, 0.1) is 6.92 Å². The summed E-state index contributed by atoms with van der Waals surface area (Å²) in [5, 5.41) is 3.10. The lowest BCUT2D eigenvalue weighted by atomic mass is 10.0. The number of ether oxygens (including phenoxy) is 1. The molecule has 37 heavy (non-hydrogen) atoms. The molecule has 7 nitrogen and oxygen atoms in total. The van der Waals surface area contributed by atoms with Crippen LogP contribution in [0.25, 0.3) is 22.2 Å². The fourth-order valence-electron chi connectivity index (χ4n) is 5.35. The van der Waals surface area contributed by atoms with Gasteiger partial charge in [-0.3, -0.25) is 9.59 Å². The molecule has 1 saturated carbocycles. The van der Waals surface area contributed by atoms with Crippen molar-refractivity contribution in [3.63, 3.8) is 0 Å². The quantitative estimate of drug-likeness (QED) is 0.406. The second kappa shape index (κ2) is 9.73. The topological polar surface area (TPSA) is 87.3 Å². The van der Waals surface area contributed by atoms with Gasteiger partial charge < -0.3 is 19.9 Å². The van der Waals surface area contributed by atoms with Gasteiger partial charge in [0, 0.05) is 29.3 Å². The third-order valence-electron chi connectivity index (χ3n) is 7.35. The zero-order valence-electron chi connectivity index (χ0n) is 20.9. The summed E-state index contributed by atoms with van der Waals surface area (Å²) in [6.45, 7) is 3.33. The van der Waals surface area contributed by atoms with E-state index in [1.807, 2.05) is 24.0 Å². The van der Waals surface area contributed by atoms with Crippen LogP contribution < -0.4 is 10.1 Å². The molecule has 188 valence electrons. The van der Waals surface area contributed by atoms with Crippen molar-refractivity contribution in [2.45, 2.75) is 45.2 Å². The van der Waals surface area contributed by atoms with Crippen molar-refractivity contribution in [3.05, 3.63) is 83.2 Å². The average Bonchev–Trinajstić information content (AvgIpc) is 3.50. The third kappa shape index (κ3) is 4.81. The fraction of sp³-hybridized carbons (Fsp3) is 0.300. The van der Waals surface area contributed by atoms with Crippen molar-refractivity contribution in [1.82, 2.24) is 20.2 Å². The first kappa shape index (κ1) is 23.3. The van der Waals surface area contributed by atoms with Gasteiger partial charge in [0.25, 0.3) is 11.8 Å². The van der Waals surface area contributed by atoms with E-state index in [-0.39, 0.29) is 17.9 Å². The highest BCUT2D eigenvalue weighted by molar-refractivity contribution is 5.98. The van der Waals surface area contributed by atoms with Gasteiger partial charge >= 0.3 is 0 Å². The fourth-order valence-corrected chi connectivity index (χ4v) is 5.35. The summed E-state index contributed by atoms with van der Waals surface area (Å²) in [6.07, 6.45) is 4.42. The highest BCUT2D eigenvalue weighted by Gasteiger charge is 2.23. The molecular formula is C30H30N4O3. The van der Waals surface area contributed by atoms with E-state index in [0.29, 0.717) is 30.8 Å². The van der Waals surface area contributed by atoms with E-state index in [9.17, 15) is 9.59 Å². The van der Waals surface area contributed by atoms with E-state index in [1.165, 1.54) is 12.8 Å². The number of aromatic amines is 1. The third-order valence-corrected chi connectivity index (χ3v) is 7.35. The minimum Gasteiger partial charge on any atom is -0.491 e. The predicted molar refractivity (Wildman–Crippen MR) is 143 cm³/mol. The first-order valence-corrected chi connectivity index (χ1v) is 13.0. The number of amides is 2. The van der Waals surface area contributed by atoms with Crippen LogP contribution in [0.5, 0.6) is 5.75 Å². The summed E-state index contributed by atoms with van der Waals surface area (Å²) in [5.41, 5.74) is 6.20. The van der Waals surface area contributed by atoms with Crippen LogP contribution in [0.2, 0.25) is 0 Å². The Kier molecular flexibility index (Phi) is 6.12. The molecule has 2 heterocycles. The SMILES string of the molecule is Cc1nc2ccc(-c3ccc4c(c3)CN(C(=O)c3ccc(C(=O)NC5CCCC5)cc3)CCO4)cc2[nH]1. The first-order chi connectivity index (χ1) is 18.0. The molecule has 1 aliphatic carbocycles. The Hall–Kier alpha value is -4.13. The van der Waals surface area contributed by atoms with Crippen LogP contribution in [0.4, 0.5) is 0 Å². The molecule has 4 aromatic rings. The van der Waals surface area contributed by atoms with Gasteiger partial charge in [0.05, 0.1) is 17.6 Å². The Morgan fingerprint density at radius 1 is 0.973 bits per heavy atom. The molecule has 0 bridgehead atoms. The Bertz CT molecular complexity index is 1470. The summed E-state index contributed by atoms with van der Waals surface area (Å²) >= 11 is 0. The Morgan fingerprint density at radius 3 is 2.51 bits per heavy atom. The van der Waals surface area contributed by atoms with Crippen LogP contribution in [-0.2, 0) is 6.54 Å². The predicted octanol–water partition coefficient (Wildman–Crippen LogP) is 5.25. The molecule has 3 aromatic carbocycles. The van der Waals surface area contributed by atoms with Gasteiger partial charge in [-0.2, -0.15) is 0 Å². The smallest absolute Gasteiger partial charge is 0.254 e. The number of imidazole rings is 1. The second-order valence-corrected chi connectivity index (χ2v) is 9.98. The standard InChI is InChI=1S/C30H30N4O3/c1-19-31-26-12-10-23(17-27(26)32-19)22-11-13-28-24(16-22)18-34(14-15-37-28)30(36)21-8-6-20(7-9-21)29(35)33-25-4-2-3-5-25/h6-13,16-17,25H,2-5,14-15,18H2,1H3,(H,31,32)(H,33,35). The zero-order valence-corrected chi connectivity index (χ0v) is 20.9. The largest absolute Gasteiger partial charge is 0.491 e. The molecule has 0 spiro atoms. The van der Waals surface area contributed by atoms with Crippen LogP contribution >= 0.6 is 0 Å². The minimum atomic E-state index is -0.0704. The van der Waals surface area contributed by atoms with Crippen LogP contribution in [0.3, 0.4) is 0 Å². The van der Waals surface area contributed by atoms with Gasteiger partial charge in [-0.05, 0) is 79.4 Å². The maximum atomic E-state index is 13.4. The number of carbonyl (C=O) groups excluding carboxylic acids is 2. The normalized spacial score (nSPS) is 15.8. The van der Waals surface area contributed by atoms with Crippen LogP contribution in [0.15, 0.2) is 60.7 Å². The molecule has 1 fully saturated rings. The lowest BCUT2D eigenvalue weighted by molar-refractivity contribution is 0.0732. The van der Waals surface area contributed by atoms with Crippen LogP contribution in [0.1, 0.15) is 57.8 Å². The zero-order chi connectivity index (χ0) is 25.4. The summed E-state index contributed by atoms with van der Waals surface area (Å²) < 4.78 is 5.98. The maximum Gasteiger partial charge on any atom is 0.254 e. The number of benzene rings is 3. The summed E-state index contributed by atoms with van der Waals surface area (Å²) in [4.78, 5) is 35.5. The highest BCUT2D eigenvalue weighted by atomic mass is 16.5. The molecule has 1 aliphatic heterocycles. The number of carbonyl (C=O) groups is 2. The van der Waals surface area contributed by atoms with E-state index in [0.717, 1.165) is 52.1 Å². The highest BCUT2D eigenvalue weighted by Crippen LogP contribution is 2.31. The number of hydrogen-bond donors (Lipinski definition) is 2. The number of nitrogens with zero attached hydrogens (tertiary/aromatic N) is 2. The van der Waals surface area contributed by atoms with E-state index in [1.54, 1.807) is 24.3 Å². The van der Waals surface area contributed by atoms with E-state index < -0.39 is 0 Å². The Labute approximate surface area is 215 Å². The van der Waals surface area contributed by atoms with Crippen molar-refractivity contribution in [2.75, 3.05) is 13.2 Å². The molecule has 0 radical (unpaired) electrons. The Balaban J connectivity index is 1.19. The number of hydrogen-bond acceptors (Lipinski definition) is 4. The van der Waals surface area contributed by atoms with Gasteiger partial charge in [0.2, 0.25) is 0 Å². The molecular weight excluding hydrogens is 464 g/mol. The van der Waals surface area contributed by atoms with Gasteiger partial charge in [0.15, 0.2) is 0 Å². The van der Waals surface area contributed by atoms with Gasteiger partial charge in [-0.15, -0.1) is 0 Å². The number of H-pyrrole nitrogens is 1. The summed E-state index contributed by atoms with van der Waals surface area (Å²) in [7, 11) is 0. The van der Waals surface area contributed by atoms with Gasteiger partial charge in [-0.25, -0.2) is 4.98 Å². The lowest BCUT2D eigenvalue weighted by Crippen LogP contribution is -2.33. The molecule has 0 atom stereocenters. The summed E-state index contributed by atoms with van der Waals surface area (Å²) in [5.74, 6) is 1.55. The molecule has 2 aliphatic rings. The molecule has 0 unspecified atom stereocenters.